The van der Waals surface area contributed by atoms with Crippen molar-refractivity contribution in [3.05, 3.63) is 11.6 Å². The normalized spacial score (nSPS) is 23.9. The number of rotatable bonds is 3. The van der Waals surface area contributed by atoms with Gasteiger partial charge in [0.05, 0.1) is 12.1 Å². The third kappa shape index (κ3) is 2.69. The van der Waals surface area contributed by atoms with E-state index in [1.54, 1.807) is 11.9 Å². The monoisotopic (exact) mass is 251 g/mol. The van der Waals surface area contributed by atoms with Crippen molar-refractivity contribution in [2.75, 3.05) is 13.6 Å². The molecule has 2 heterocycles. The molecule has 18 heavy (non-hydrogen) atoms. The SMILES string of the molecule is Cc1nc(CN(C)C(=O)C2(C)CCCCN2)n[nH]1. The molecule has 1 fully saturated rings. The molecule has 1 aliphatic rings. The minimum atomic E-state index is -0.432. The highest BCUT2D eigenvalue weighted by Crippen LogP contribution is 2.21. The second-order valence-electron chi connectivity index (χ2n) is 5.21. The highest BCUT2D eigenvalue weighted by Gasteiger charge is 2.36. The van der Waals surface area contributed by atoms with Gasteiger partial charge in [0.25, 0.3) is 0 Å². The van der Waals surface area contributed by atoms with Crippen LogP contribution in [0.1, 0.15) is 37.8 Å². The average Bonchev–Trinajstić information content (AvgIpc) is 2.74. The zero-order valence-corrected chi connectivity index (χ0v) is 11.3. The molecule has 2 rings (SSSR count). The average molecular weight is 251 g/mol. The molecule has 1 amide bonds. The van der Waals surface area contributed by atoms with Crippen molar-refractivity contribution >= 4 is 5.91 Å². The van der Waals surface area contributed by atoms with Crippen LogP contribution in [0.15, 0.2) is 0 Å². The first-order valence-corrected chi connectivity index (χ1v) is 6.40. The van der Waals surface area contributed by atoms with E-state index in [2.05, 4.69) is 20.5 Å². The van der Waals surface area contributed by atoms with E-state index in [0.29, 0.717) is 12.4 Å². The molecule has 6 heteroatoms. The third-order valence-corrected chi connectivity index (χ3v) is 3.46. The van der Waals surface area contributed by atoms with Gasteiger partial charge < -0.3 is 10.2 Å². The molecule has 1 saturated heterocycles. The lowest BCUT2D eigenvalue weighted by atomic mass is 9.89. The van der Waals surface area contributed by atoms with Crippen LogP contribution in [0.3, 0.4) is 0 Å². The van der Waals surface area contributed by atoms with E-state index in [4.69, 9.17) is 0 Å². The van der Waals surface area contributed by atoms with Gasteiger partial charge in [-0.05, 0) is 39.7 Å². The van der Waals surface area contributed by atoms with E-state index in [9.17, 15) is 4.79 Å². The van der Waals surface area contributed by atoms with Crippen molar-refractivity contribution in [2.24, 2.45) is 0 Å². The topological polar surface area (TPSA) is 73.9 Å². The number of piperidine rings is 1. The van der Waals surface area contributed by atoms with Gasteiger partial charge in [-0.3, -0.25) is 9.89 Å². The smallest absolute Gasteiger partial charge is 0.242 e. The standard InChI is InChI=1S/C12H21N5O/c1-9-14-10(16-15-9)8-17(3)11(18)12(2)6-4-5-7-13-12/h13H,4-8H2,1-3H3,(H,14,15,16). The summed E-state index contributed by atoms with van der Waals surface area (Å²) in [6.45, 7) is 5.19. The largest absolute Gasteiger partial charge is 0.337 e. The summed E-state index contributed by atoms with van der Waals surface area (Å²) in [4.78, 5) is 18.3. The minimum absolute atomic E-state index is 0.115. The third-order valence-electron chi connectivity index (χ3n) is 3.46. The number of hydrogen-bond donors (Lipinski definition) is 2. The van der Waals surface area contributed by atoms with Crippen molar-refractivity contribution in [1.82, 2.24) is 25.4 Å². The van der Waals surface area contributed by atoms with Crippen LogP contribution >= 0.6 is 0 Å². The molecule has 2 N–H and O–H groups in total. The molecule has 0 aromatic carbocycles. The first-order valence-electron chi connectivity index (χ1n) is 6.40. The predicted molar refractivity (Wildman–Crippen MR) is 67.9 cm³/mol. The van der Waals surface area contributed by atoms with Crippen LogP contribution < -0.4 is 5.32 Å². The Morgan fingerprint density at radius 3 is 2.83 bits per heavy atom. The van der Waals surface area contributed by atoms with Crippen LogP contribution in [0.5, 0.6) is 0 Å². The first kappa shape index (κ1) is 13.0. The molecule has 0 bridgehead atoms. The number of likely N-dealkylation sites (N-methyl/N-ethyl adjacent to an activating group) is 1. The molecule has 1 aromatic heterocycles. The van der Waals surface area contributed by atoms with E-state index >= 15 is 0 Å². The van der Waals surface area contributed by atoms with Gasteiger partial charge in [-0.1, -0.05) is 0 Å². The summed E-state index contributed by atoms with van der Waals surface area (Å²) in [6.07, 6.45) is 3.14. The Bertz CT molecular complexity index is 422. The van der Waals surface area contributed by atoms with E-state index in [1.807, 2.05) is 13.8 Å². The molecule has 1 aromatic rings. The Morgan fingerprint density at radius 1 is 1.50 bits per heavy atom. The maximum absolute atomic E-state index is 12.4. The number of carbonyl (C=O) groups is 1. The number of H-pyrrole nitrogens is 1. The number of hydrogen-bond acceptors (Lipinski definition) is 4. The number of amides is 1. The fourth-order valence-corrected chi connectivity index (χ4v) is 2.40. The van der Waals surface area contributed by atoms with Crippen molar-refractivity contribution in [2.45, 2.75) is 45.2 Å². The minimum Gasteiger partial charge on any atom is -0.337 e. The maximum Gasteiger partial charge on any atom is 0.242 e. The van der Waals surface area contributed by atoms with E-state index in [0.717, 1.165) is 31.6 Å². The molecule has 1 aliphatic heterocycles. The zero-order chi connectivity index (χ0) is 13.2. The van der Waals surface area contributed by atoms with Crippen molar-refractivity contribution in [3.8, 4) is 0 Å². The van der Waals surface area contributed by atoms with Crippen molar-refractivity contribution < 1.29 is 4.79 Å². The van der Waals surface area contributed by atoms with Crippen LogP contribution in [0.25, 0.3) is 0 Å². The lowest BCUT2D eigenvalue weighted by molar-refractivity contribution is -0.138. The fourth-order valence-electron chi connectivity index (χ4n) is 2.40. The van der Waals surface area contributed by atoms with Gasteiger partial charge >= 0.3 is 0 Å². The zero-order valence-electron chi connectivity index (χ0n) is 11.3. The van der Waals surface area contributed by atoms with Gasteiger partial charge in [-0.2, -0.15) is 5.10 Å². The number of aryl methyl sites for hydroxylation is 1. The molecular formula is C12H21N5O. The van der Waals surface area contributed by atoms with Crippen molar-refractivity contribution in [1.29, 1.82) is 0 Å². The van der Waals surface area contributed by atoms with Gasteiger partial charge in [-0.15, -0.1) is 0 Å². The van der Waals surface area contributed by atoms with Gasteiger partial charge in [-0.25, -0.2) is 4.98 Å². The van der Waals surface area contributed by atoms with E-state index in [-0.39, 0.29) is 5.91 Å². The molecule has 0 radical (unpaired) electrons. The summed E-state index contributed by atoms with van der Waals surface area (Å²) in [7, 11) is 1.80. The van der Waals surface area contributed by atoms with Gasteiger partial charge in [0.1, 0.15) is 5.82 Å². The first-order chi connectivity index (χ1) is 8.51. The summed E-state index contributed by atoms with van der Waals surface area (Å²) >= 11 is 0. The molecular weight excluding hydrogens is 230 g/mol. The van der Waals surface area contributed by atoms with Crippen LogP contribution in [0.2, 0.25) is 0 Å². The number of nitrogens with one attached hydrogen (secondary N) is 2. The fraction of sp³-hybridized carbons (Fsp3) is 0.750. The van der Waals surface area contributed by atoms with E-state index < -0.39 is 5.54 Å². The summed E-state index contributed by atoms with van der Waals surface area (Å²) in [5, 5.41) is 10.2. The Kier molecular flexibility index (Phi) is 3.65. The second-order valence-corrected chi connectivity index (χ2v) is 5.21. The van der Waals surface area contributed by atoms with Crippen LogP contribution in [-0.2, 0) is 11.3 Å². The lowest BCUT2D eigenvalue weighted by Crippen LogP contribution is -2.57. The summed E-state index contributed by atoms with van der Waals surface area (Å²) in [5.74, 6) is 1.54. The maximum atomic E-state index is 12.4. The Labute approximate surface area is 107 Å². The molecule has 0 saturated carbocycles. The lowest BCUT2D eigenvalue weighted by Gasteiger charge is -2.36. The highest BCUT2D eigenvalue weighted by molar-refractivity contribution is 5.85. The molecule has 6 nitrogen and oxygen atoms in total. The quantitative estimate of drug-likeness (QED) is 0.825. The van der Waals surface area contributed by atoms with Crippen LogP contribution in [0, 0.1) is 6.92 Å². The molecule has 0 spiro atoms. The van der Waals surface area contributed by atoms with Gasteiger partial charge in [0.2, 0.25) is 5.91 Å². The van der Waals surface area contributed by atoms with Gasteiger partial charge in [0, 0.05) is 7.05 Å². The molecule has 1 atom stereocenters. The van der Waals surface area contributed by atoms with Gasteiger partial charge in [0.15, 0.2) is 5.82 Å². The summed E-state index contributed by atoms with van der Waals surface area (Å²) in [5.41, 5.74) is -0.432. The Hall–Kier alpha value is -1.43. The number of aromatic nitrogens is 3. The number of aromatic amines is 1. The Morgan fingerprint density at radius 2 is 2.28 bits per heavy atom. The molecule has 100 valence electrons. The second kappa shape index (κ2) is 5.06. The highest BCUT2D eigenvalue weighted by atomic mass is 16.2. The van der Waals surface area contributed by atoms with Crippen LogP contribution in [-0.4, -0.2) is 45.1 Å². The number of nitrogens with zero attached hydrogens (tertiary/aromatic N) is 3. The summed E-state index contributed by atoms with van der Waals surface area (Å²) in [6, 6.07) is 0. The Balaban J connectivity index is 1.99. The molecule has 1 unspecified atom stereocenters. The number of carbonyl (C=O) groups excluding carboxylic acids is 1. The van der Waals surface area contributed by atoms with Crippen LogP contribution in [0.4, 0.5) is 0 Å². The predicted octanol–water partition coefficient (Wildman–Crippen LogP) is 0.604. The summed E-state index contributed by atoms with van der Waals surface area (Å²) < 4.78 is 0. The van der Waals surface area contributed by atoms with Crippen molar-refractivity contribution in [3.63, 3.8) is 0 Å². The molecule has 0 aliphatic carbocycles. The van der Waals surface area contributed by atoms with E-state index in [1.165, 1.54) is 0 Å².